The molecule has 4 rings (SSSR count). The quantitative estimate of drug-likeness (QED) is 0.557. The summed E-state index contributed by atoms with van der Waals surface area (Å²) in [6.07, 6.45) is 0.606. The van der Waals surface area contributed by atoms with Gasteiger partial charge in [0.1, 0.15) is 16.9 Å². The summed E-state index contributed by atoms with van der Waals surface area (Å²) in [6, 6.07) is 4.32. The number of cyclic esters (lactones) is 1. The van der Waals surface area contributed by atoms with Gasteiger partial charge in [-0.25, -0.2) is 24.4 Å². The standard InChI is InChI=1S/C21H26FN7O4S/c1-14(30)24-11-16-13-28(21(32)33-16)15-2-3-18(17(22)10-15)27-6-4-26-29(8-7-27)20(31)25-12-19-23-5-9-34-19/h2-3,5,9-10,16,26H,4,6-8,11-13H2,1H3,(H,24,30)(H,25,31)/t16-/m0/s1. The number of ether oxygens (including phenoxy) is 1. The smallest absolute Gasteiger partial charge is 0.414 e. The van der Waals surface area contributed by atoms with Gasteiger partial charge in [0, 0.05) is 38.1 Å². The Bertz CT molecular complexity index is 1040. The molecule has 1 aromatic carbocycles. The van der Waals surface area contributed by atoms with Gasteiger partial charge >= 0.3 is 12.1 Å². The average Bonchev–Trinajstić information content (AvgIpc) is 3.39. The lowest BCUT2D eigenvalue weighted by Crippen LogP contribution is -2.48. The lowest BCUT2D eigenvalue weighted by Gasteiger charge is -2.24. The molecule has 2 saturated heterocycles. The van der Waals surface area contributed by atoms with E-state index in [9.17, 15) is 14.4 Å². The van der Waals surface area contributed by atoms with Crippen LogP contribution in [0.3, 0.4) is 0 Å². The summed E-state index contributed by atoms with van der Waals surface area (Å²) < 4.78 is 20.3. The van der Waals surface area contributed by atoms with Gasteiger partial charge in [0.05, 0.1) is 37.6 Å². The van der Waals surface area contributed by atoms with Crippen molar-refractivity contribution in [2.45, 2.75) is 19.6 Å². The Morgan fingerprint density at radius 2 is 2.15 bits per heavy atom. The van der Waals surface area contributed by atoms with E-state index in [1.165, 1.54) is 34.2 Å². The number of carbonyl (C=O) groups excluding carboxylic acids is 3. The first-order chi connectivity index (χ1) is 16.4. The first-order valence-corrected chi connectivity index (χ1v) is 11.7. The van der Waals surface area contributed by atoms with Crippen LogP contribution in [0, 0.1) is 5.82 Å². The second kappa shape index (κ2) is 10.7. The molecular formula is C21H26FN7O4S. The van der Waals surface area contributed by atoms with Crippen LogP contribution in [0.1, 0.15) is 11.9 Å². The fourth-order valence-electron chi connectivity index (χ4n) is 3.75. The molecule has 2 aromatic rings. The molecule has 0 spiro atoms. The molecule has 0 saturated carbocycles. The van der Waals surface area contributed by atoms with Gasteiger partial charge in [0.2, 0.25) is 5.91 Å². The minimum absolute atomic E-state index is 0.201. The molecule has 1 aromatic heterocycles. The number of hydrogen-bond acceptors (Lipinski definition) is 8. The molecule has 3 heterocycles. The van der Waals surface area contributed by atoms with E-state index in [1.807, 2.05) is 10.3 Å². The molecule has 2 aliphatic rings. The number of benzene rings is 1. The number of carbonyl (C=O) groups is 3. The van der Waals surface area contributed by atoms with Crippen LogP contribution in [0.15, 0.2) is 29.8 Å². The molecule has 11 nitrogen and oxygen atoms in total. The van der Waals surface area contributed by atoms with Crippen LogP contribution in [0.5, 0.6) is 0 Å². The second-order valence-corrected chi connectivity index (χ2v) is 8.80. The number of anilines is 2. The zero-order chi connectivity index (χ0) is 24.1. The van der Waals surface area contributed by atoms with E-state index in [2.05, 4.69) is 21.0 Å². The zero-order valence-electron chi connectivity index (χ0n) is 18.6. The molecular weight excluding hydrogens is 465 g/mol. The van der Waals surface area contributed by atoms with Gasteiger partial charge in [0.25, 0.3) is 0 Å². The first kappa shape index (κ1) is 23.7. The molecule has 4 amide bonds. The van der Waals surface area contributed by atoms with E-state index in [4.69, 9.17) is 4.74 Å². The van der Waals surface area contributed by atoms with Crippen LogP contribution < -0.4 is 25.9 Å². The van der Waals surface area contributed by atoms with E-state index in [0.717, 1.165) is 5.01 Å². The summed E-state index contributed by atoms with van der Waals surface area (Å²) >= 11 is 1.47. The van der Waals surface area contributed by atoms with E-state index in [0.29, 0.717) is 44.1 Å². The molecule has 3 N–H and O–H groups in total. The number of thiazole rings is 1. The van der Waals surface area contributed by atoms with Gasteiger partial charge in [0.15, 0.2) is 0 Å². The van der Waals surface area contributed by atoms with Crippen molar-refractivity contribution in [3.63, 3.8) is 0 Å². The Hall–Kier alpha value is -3.45. The minimum Gasteiger partial charge on any atom is -0.442 e. The van der Waals surface area contributed by atoms with Crippen molar-refractivity contribution < 1.29 is 23.5 Å². The molecule has 1 atom stereocenters. The Balaban J connectivity index is 1.34. The summed E-state index contributed by atoms with van der Waals surface area (Å²) in [5.74, 6) is -0.690. The Labute approximate surface area is 199 Å². The molecule has 0 aliphatic carbocycles. The SMILES string of the molecule is CC(=O)NC[C@H]1CN(c2ccc(N3CCNN(C(=O)NCc4nccs4)CC3)c(F)c2)C(=O)O1. The topological polar surface area (TPSA) is 119 Å². The Kier molecular flexibility index (Phi) is 7.43. The van der Waals surface area contributed by atoms with Crippen molar-refractivity contribution in [1.82, 2.24) is 26.1 Å². The maximum atomic E-state index is 15.0. The van der Waals surface area contributed by atoms with E-state index in [1.54, 1.807) is 18.3 Å². The molecule has 0 radical (unpaired) electrons. The van der Waals surface area contributed by atoms with Gasteiger partial charge in [-0.3, -0.25) is 14.7 Å². The summed E-state index contributed by atoms with van der Waals surface area (Å²) in [5.41, 5.74) is 3.83. The third kappa shape index (κ3) is 5.72. The highest BCUT2D eigenvalue weighted by atomic mass is 32.1. The number of rotatable bonds is 6. The lowest BCUT2D eigenvalue weighted by molar-refractivity contribution is -0.119. The van der Waals surface area contributed by atoms with Crippen molar-refractivity contribution in [3.05, 3.63) is 40.6 Å². The van der Waals surface area contributed by atoms with E-state index in [-0.39, 0.29) is 25.0 Å². The third-order valence-electron chi connectivity index (χ3n) is 5.43. The largest absolute Gasteiger partial charge is 0.442 e. The number of amides is 4. The van der Waals surface area contributed by atoms with Crippen molar-refractivity contribution in [2.75, 3.05) is 49.1 Å². The maximum Gasteiger partial charge on any atom is 0.414 e. The molecule has 0 bridgehead atoms. The summed E-state index contributed by atoms with van der Waals surface area (Å²) in [7, 11) is 0. The number of urea groups is 1. The third-order valence-corrected chi connectivity index (χ3v) is 6.21. The number of hydrazine groups is 1. The lowest BCUT2D eigenvalue weighted by atomic mass is 10.2. The maximum absolute atomic E-state index is 15.0. The van der Waals surface area contributed by atoms with Gasteiger partial charge in [-0.05, 0) is 18.2 Å². The van der Waals surface area contributed by atoms with E-state index < -0.39 is 18.0 Å². The van der Waals surface area contributed by atoms with Crippen molar-refractivity contribution in [2.24, 2.45) is 0 Å². The van der Waals surface area contributed by atoms with Crippen molar-refractivity contribution >= 4 is 40.7 Å². The van der Waals surface area contributed by atoms with E-state index >= 15 is 4.39 Å². The Morgan fingerprint density at radius 3 is 2.88 bits per heavy atom. The van der Waals surface area contributed by atoms with Crippen molar-refractivity contribution in [1.29, 1.82) is 0 Å². The number of nitrogens with one attached hydrogen (secondary N) is 3. The van der Waals surface area contributed by atoms with Crippen LogP contribution in [-0.4, -0.2) is 73.4 Å². The fraction of sp³-hybridized carbons (Fsp3) is 0.429. The highest BCUT2D eigenvalue weighted by Gasteiger charge is 2.33. The van der Waals surface area contributed by atoms with Crippen LogP contribution >= 0.6 is 11.3 Å². The van der Waals surface area contributed by atoms with Gasteiger partial charge < -0.3 is 20.3 Å². The molecule has 2 aliphatic heterocycles. The average molecular weight is 492 g/mol. The fourth-order valence-corrected chi connectivity index (χ4v) is 4.31. The van der Waals surface area contributed by atoms with Gasteiger partial charge in [-0.1, -0.05) is 0 Å². The highest BCUT2D eigenvalue weighted by Crippen LogP contribution is 2.28. The molecule has 182 valence electrons. The number of nitrogens with zero attached hydrogens (tertiary/aromatic N) is 4. The van der Waals surface area contributed by atoms with Crippen LogP contribution in [0.4, 0.5) is 25.4 Å². The molecule has 0 unspecified atom stereocenters. The Morgan fingerprint density at radius 1 is 1.29 bits per heavy atom. The normalized spacial score (nSPS) is 18.5. The predicted molar refractivity (Wildman–Crippen MR) is 124 cm³/mol. The molecule has 34 heavy (non-hydrogen) atoms. The zero-order valence-corrected chi connectivity index (χ0v) is 19.4. The van der Waals surface area contributed by atoms with Crippen LogP contribution in [0.2, 0.25) is 0 Å². The predicted octanol–water partition coefficient (Wildman–Crippen LogP) is 1.28. The summed E-state index contributed by atoms with van der Waals surface area (Å²) in [5, 5.41) is 9.57. The summed E-state index contributed by atoms with van der Waals surface area (Å²) in [6.45, 7) is 3.89. The first-order valence-electron chi connectivity index (χ1n) is 10.8. The van der Waals surface area contributed by atoms with Crippen molar-refractivity contribution in [3.8, 4) is 0 Å². The molecule has 13 heteroatoms. The second-order valence-electron chi connectivity index (χ2n) is 7.82. The summed E-state index contributed by atoms with van der Waals surface area (Å²) in [4.78, 5) is 43.1. The number of aromatic nitrogens is 1. The number of hydrogen-bond donors (Lipinski definition) is 3. The minimum atomic E-state index is -0.583. The van der Waals surface area contributed by atoms with Gasteiger partial charge in [-0.2, -0.15) is 0 Å². The molecule has 2 fully saturated rings. The monoisotopic (exact) mass is 491 g/mol. The van der Waals surface area contributed by atoms with Gasteiger partial charge in [-0.15, -0.1) is 11.3 Å². The number of halogens is 1. The van der Waals surface area contributed by atoms with Crippen LogP contribution in [-0.2, 0) is 16.1 Å². The highest BCUT2D eigenvalue weighted by molar-refractivity contribution is 7.09. The van der Waals surface area contributed by atoms with Crippen LogP contribution in [0.25, 0.3) is 0 Å².